The molecule has 262 valence electrons. The minimum atomic E-state index is 0.0163. The Balaban J connectivity index is 1.10. The van der Waals surface area contributed by atoms with Gasteiger partial charge in [0.1, 0.15) is 0 Å². The van der Waals surface area contributed by atoms with Crippen LogP contribution in [0.2, 0.25) is 10.0 Å². The summed E-state index contributed by atoms with van der Waals surface area (Å²) in [5.41, 5.74) is 2.55. The van der Waals surface area contributed by atoms with E-state index in [9.17, 15) is 9.59 Å². The van der Waals surface area contributed by atoms with E-state index in [1.807, 2.05) is 29.2 Å². The van der Waals surface area contributed by atoms with Crippen LogP contribution in [0, 0.1) is 11.8 Å². The maximum absolute atomic E-state index is 13.2. The zero-order chi connectivity index (χ0) is 34.3. The van der Waals surface area contributed by atoms with E-state index in [4.69, 9.17) is 37.7 Å². The minimum Gasteiger partial charge on any atom is -0.436 e. The third-order valence-electron chi connectivity index (χ3n) is 9.79. The molecule has 1 aliphatic carbocycles. The van der Waals surface area contributed by atoms with Crippen molar-refractivity contribution in [1.29, 1.82) is 0 Å². The number of hydrogen-bond donors (Lipinski definition) is 1. The highest BCUT2D eigenvalue weighted by Gasteiger charge is 2.32. The number of methoxy groups -OCH3 is 1. The van der Waals surface area contributed by atoms with Crippen molar-refractivity contribution in [3.63, 3.8) is 0 Å². The number of rotatable bonds is 10. The topological polar surface area (TPSA) is 113 Å². The number of carbonyl (C=O) groups is 2. The highest BCUT2D eigenvalue weighted by Crippen LogP contribution is 2.32. The number of aromatic nitrogens is 3. The van der Waals surface area contributed by atoms with Gasteiger partial charge in [-0.2, -0.15) is 0 Å². The van der Waals surface area contributed by atoms with Gasteiger partial charge in [-0.3, -0.25) is 14.5 Å². The van der Waals surface area contributed by atoms with Gasteiger partial charge in [0.2, 0.25) is 23.6 Å². The third-order valence-corrected chi connectivity index (χ3v) is 10.2. The van der Waals surface area contributed by atoms with Crippen LogP contribution in [-0.4, -0.2) is 95.6 Å². The Labute approximate surface area is 298 Å². The van der Waals surface area contributed by atoms with E-state index in [1.165, 1.54) is 0 Å². The Hall–Kier alpha value is -3.51. The molecule has 2 aliphatic heterocycles. The Morgan fingerprint density at radius 1 is 0.918 bits per heavy atom. The van der Waals surface area contributed by atoms with E-state index in [0.29, 0.717) is 65.4 Å². The lowest BCUT2D eigenvalue weighted by Gasteiger charge is -2.38. The number of piperazine rings is 1. The van der Waals surface area contributed by atoms with Crippen molar-refractivity contribution in [1.82, 2.24) is 30.1 Å². The zero-order valence-electron chi connectivity index (χ0n) is 28.2. The molecule has 49 heavy (non-hydrogen) atoms. The van der Waals surface area contributed by atoms with E-state index < -0.39 is 0 Å². The predicted molar refractivity (Wildman–Crippen MR) is 190 cm³/mol. The van der Waals surface area contributed by atoms with Crippen molar-refractivity contribution in [2.45, 2.75) is 58.1 Å². The van der Waals surface area contributed by atoms with Crippen molar-refractivity contribution in [2.75, 3.05) is 57.8 Å². The van der Waals surface area contributed by atoms with Crippen LogP contribution in [0.4, 0.5) is 5.95 Å². The summed E-state index contributed by atoms with van der Waals surface area (Å²) in [5, 5.41) is 4.01. The van der Waals surface area contributed by atoms with Crippen molar-refractivity contribution in [3.05, 3.63) is 58.3 Å². The molecule has 0 bridgehead atoms. The van der Waals surface area contributed by atoms with Gasteiger partial charge in [-0.15, -0.1) is 0 Å². The molecular formula is C36H45Cl2N7O4. The fourth-order valence-corrected chi connectivity index (χ4v) is 7.59. The number of amides is 2. The quantitative estimate of drug-likeness (QED) is 0.278. The molecule has 0 spiro atoms. The van der Waals surface area contributed by atoms with Gasteiger partial charge in [0.25, 0.3) is 0 Å². The van der Waals surface area contributed by atoms with Gasteiger partial charge in [0.05, 0.1) is 24.2 Å². The summed E-state index contributed by atoms with van der Waals surface area (Å²) in [6.07, 6.45) is 9.38. The van der Waals surface area contributed by atoms with Gasteiger partial charge in [0.15, 0.2) is 5.75 Å². The van der Waals surface area contributed by atoms with Crippen molar-refractivity contribution < 1.29 is 19.1 Å². The number of benzene rings is 1. The first-order valence-corrected chi connectivity index (χ1v) is 18.0. The van der Waals surface area contributed by atoms with Crippen LogP contribution in [0.25, 0.3) is 11.3 Å². The first-order chi connectivity index (χ1) is 23.7. The van der Waals surface area contributed by atoms with Gasteiger partial charge >= 0.3 is 0 Å². The molecule has 2 unspecified atom stereocenters. The van der Waals surface area contributed by atoms with Gasteiger partial charge in [0, 0.05) is 80.9 Å². The number of anilines is 1. The Kier molecular flexibility index (Phi) is 11.9. The van der Waals surface area contributed by atoms with E-state index in [-0.39, 0.29) is 23.8 Å². The Morgan fingerprint density at radius 3 is 2.31 bits per heavy atom. The average molecular weight is 711 g/mol. The number of likely N-dealkylation sites (tertiary alicyclic amines) is 1. The second-order valence-corrected chi connectivity index (χ2v) is 14.2. The van der Waals surface area contributed by atoms with Crippen molar-refractivity contribution >= 4 is 41.0 Å². The number of nitrogens with zero attached hydrogens (tertiary/aromatic N) is 6. The van der Waals surface area contributed by atoms with Crippen LogP contribution < -0.4 is 15.0 Å². The average Bonchev–Trinajstić information content (AvgIpc) is 3.11. The summed E-state index contributed by atoms with van der Waals surface area (Å²) in [6.45, 7) is 7.53. The van der Waals surface area contributed by atoms with E-state index in [2.05, 4.69) is 25.1 Å². The van der Waals surface area contributed by atoms with Crippen LogP contribution >= 0.6 is 23.2 Å². The maximum Gasteiger partial charge on any atom is 0.225 e. The molecule has 3 aromatic rings. The molecule has 6 rings (SSSR count). The fraction of sp³-hybridized carbons (Fsp3) is 0.528. The highest BCUT2D eigenvalue weighted by molar-refractivity contribution is 6.35. The molecule has 3 aliphatic rings. The van der Waals surface area contributed by atoms with Crippen LogP contribution in [0.15, 0.2) is 42.7 Å². The monoisotopic (exact) mass is 709 g/mol. The molecule has 0 radical (unpaired) electrons. The number of pyridine rings is 1. The number of ether oxygens (including phenoxy) is 2. The van der Waals surface area contributed by atoms with Gasteiger partial charge in [-0.1, -0.05) is 29.6 Å². The second kappa shape index (κ2) is 16.5. The van der Waals surface area contributed by atoms with E-state index in [1.54, 1.807) is 32.5 Å². The fourth-order valence-electron chi connectivity index (χ4n) is 7.06. The lowest BCUT2D eigenvalue weighted by molar-refractivity contribution is -0.138. The predicted octanol–water partition coefficient (Wildman–Crippen LogP) is 5.84. The molecule has 13 heteroatoms. The molecular weight excluding hydrogens is 665 g/mol. The van der Waals surface area contributed by atoms with Gasteiger partial charge in [-0.25, -0.2) is 15.0 Å². The van der Waals surface area contributed by atoms with E-state index >= 15 is 0 Å². The van der Waals surface area contributed by atoms with Crippen LogP contribution in [0.1, 0.15) is 51.0 Å². The molecule has 2 atom stereocenters. The molecule has 1 saturated carbocycles. The normalized spacial score (nSPS) is 20.7. The Morgan fingerprint density at radius 2 is 1.63 bits per heavy atom. The smallest absolute Gasteiger partial charge is 0.225 e. The molecule has 1 aromatic carbocycles. The summed E-state index contributed by atoms with van der Waals surface area (Å²) in [6, 6.07) is 9.38. The van der Waals surface area contributed by atoms with Crippen LogP contribution in [0.5, 0.6) is 11.6 Å². The largest absolute Gasteiger partial charge is 0.436 e. The van der Waals surface area contributed by atoms with Gasteiger partial charge < -0.3 is 24.6 Å². The number of halogens is 2. The number of hydrogen-bond acceptors (Lipinski definition) is 9. The minimum absolute atomic E-state index is 0.0163. The molecule has 4 heterocycles. The Bertz CT molecular complexity index is 1570. The first-order valence-electron chi connectivity index (χ1n) is 17.2. The van der Waals surface area contributed by atoms with Crippen molar-refractivity contribution in [2.24, 2.45) is 11.8 Å². The molecule has 3 fully saturated rings. The summed E-state index contributed by atoms with van der Waals surface area (Å²) in [5.74, 6) is 2.30. The lowest BCUT2D eigenvalue weighted by Crippen LogP contribution is -2.51. The summed E-state index contributed by atoms with van der Waals surface area (Å²) >= 11 is 12.7. The second-order valence-electron chi connectivity index (χ2n) is 13.4. The standard InChI is InChI=1S/C36H45Cl2N7O4/c1-24(46)39-20-25-6-8-43(9-7-25)23-26-14-33(28-16-29(37)19-30(38)17-28)42-34(15-26)49-32-21-40-36(41-22-32)45-12-10-44(11-13-45)35(47)27-4-3-5-31(18-27)48-2/h14-17,19,21-22,25,27,31H,3-13,18,20,23H2,1-2H3,(H,39,46). The van der Waals surface area contributed by atoms with E-state index in [0.717, 1.165) is 75.8 Å². The van der Waals surface area contributed by atoms with Crippen molar-refractivity contribution in [3.8, 4) is 22.9 Å². The summed E-state index contributed by atoms with van der Waals surface area (Å²) < 4.78 is 11.8. The number of carbonyl (C=O) groups excluding carboxylic acids is 2. The third kappa shape index (κ3) is 9.60. The number of piperidine rings is 1. The SMILES string of the molecule is COC1CCCC(C(=O)N2CCN(c3ncc(Oc4cc(CN5CCC(CNC(C)=O)CC5)cc(-c5cc(Cl)cc(Cl)c5)n4)cn3)CC2)C1. The summed E-state index contributed by atoms with van der Waals surface area (Å²) in [7, 11) is 1.74. The molecule has 2 amide bonds. The first kappa shape index (κ1) is 35.3. The highest BCUT2D eigenvalue weighted by atomic mass is 35.5. The maximum atomic E-state index is 13.2. The summed E-state index contributed by atoms with van der Waals surface area (Å²) in [4.78, 5) is 45.0. The lowest BCUT2D eigenvalue weighted by atomic mass is 9.86. The van der Waals surface area contributed by atoms with Crippen LogP contribution in [0.3, 0.4) is 0 Å². The molecule has 1 N–H and O–H groups in total. The zero-order valence-corrected chi connectivity index (χ0v) is 29.8. The molecule has 2 aromatic heterocycles. The van der Waals surface area contributed by atoms with Crippen LogP contribution in [-0.2, 0) is 20.9 Å². The number of nitrogens with one attached hydrogen (secondary N) is 1. The van der Waals surface area contributed by atoms with Gasteiger partial charge in [-0.05, 0) is 80.9 Å². The molecule has 2 saturated heterocycles. The molecule has 11 nitrogen and oxygen atoms in total.